The van der Waals surface area contributed by atoms with E-state index in [1.54, 1.807) is 35.3 Å². The van der Waals surface area contributed by atoms with Crippen LogP contribution in [0.15, 0.2) is 67.1 Å². The summed E-state index contributed by atoms with van der Waals surface area (Å²) in [6, 6.07) is 12.9. The Hall–Kier alpha value is -4.98. The summed E-state index contributed by atoms with van der Waals surface area (Å²) in [5.74, 6) is -0.484. The van der Waals surface area contributed by atoms with Gasteiger partial charge in [-0.2, -0.15) is 23.5 Å². The van der Waals surface area contributed by atoms with Gasteiger partial charge in [0, 0.05) is 40.7 Å². The van der Waals surface area contributed by atoms with Gasteiger partial charge in [0.1, 0.15) is 5.82 Å². The summed E-state index contributed by atoms with van der Waals surface area (Å²) in [6.07, 6.45) is 1.90. The minimum Gasteiger partial charge on any atom is -0.322 e. The van der Waals surface area contributed by atoms with E-state index in [2.05, 4.69) is 26.8 Å². The number of carbonyl (C=O) groups is 2. The smallest absolute Gasteiger partial charge is 0.322 e. The molecule has 196 valence electrons. The second kappa shape index (κ2) is 10.1. The lowest BCUT2D eigenvalue weighted by atomic mass is 10.1. The van der Waals surface area contributed by atoms with E-state index in [4.69, 9.17) is 0 Å². The molecule has 2 heterocycles. The van der Waals surface area contributed by atoms with Crippen LogP contribution in [-0.4, -0.2) is 26.6 Å². The first-order valence-corrected chi connectivity index (χ1v) is 12.0. The Balaban J connectivity index is 1.37. The van der Waals surface area contributed by atoms with Crippen molar-refractivity contribution in [2.45, 2.75) is 25.9 Å². The molecular formula is C28H21F3N6O2. The zero-order valence-corrected chi connectivity index (χ0v) is 20.6. The molecule has 1 aliphatic rings. The van der Waals surface area contributed by atoms with Gasteiger partial charge in [-0.1, -0.05) is 12.1 Å². The van der Waals surface area contributed by atoms with Crippen molar-refractivity contribution in [1.29, 1.82) is 5.26 Å². The van der Waals surface area contributed by atoms with E-state index in [-0.39, 0.29) is 17.4 Å². The summed E-state index contributed by atoms with van der Waals surface area (Å²) in [5.41, 5.74) is 2.22. The number of amides is 2. The van der Waals surface area contributed by atoms with Crippen LogP contribution in [0.25, 0.3) is 16.8 Å². The fourth-order valence-corrected chi connectivity index (χ4v) is 3.99. The lowest BCUT2D eigenvalue weighted by Gasteiger charge is -2.12. The highest BCUT2D eigenvalue weighted by molar-refractivity contribution is 6.04. The quantitative estimate of drug-likeness (QED) is 0.330. The lowest BCUT2D eigenvalue weighted by molar-refractivity contribution is -0.137. The number of nitrogens with one attached hydrogen (secondary N) is 2. The normalized spacial score (nSPS) is 13.0. The molecule has 2 N–H and O–H groups in total. The number of rotatable bonds is 6. The molecule has 0 unspecified atom stereocenters. The fourth-order valence-electron chi connectivity index (χ4n) is 3.99. The monoisotopic (exact) mass is 530 g/mol. The van der Waals surface area contributed by atoms with E-state index in [0.29, 0.717) is 33.9 Å². The van der Waals surface area contributed by atoms with E-state index >= 15 is 0 Å². The van der Waals surface area contributed by atoms with Gasteiger partial charge < -0.3 is 10.6 Å². The van der Waals surface area contributed by atoms with Crippen molar-refractivity contribution in [3.05, 3.63) is 89.4 Å². The Morgan fingerprint density at radius 3 is 2.59 bits per heavy atom. The van der Waals surface area contributed by atoms with Gasteiger partial charge in [0.2, 0.25) is 5.91 Å². The highest BCUT2D eigenvalue weighted by Gasteiger charge is 2.31. The summed E-state index contributed by atoms with van der Waals surface area (Å²) in [7, 11) is 0. The molecule has 2 aromatic carbocycles. The molecule has 1 saturated carbocycles. The zero-order valence-electron chi connectivity index (χ0n) is 20.6. The number of carbonyl (C=O) groups excluding carboxylic acids is 2. The fraction of sp³-hybridized carbons (Fsp3) is 0.179. The van der Waals surface area contributed by atoms with Gasteiger partial charge in [-0.05, 0) is 61.7 Å². The second-order valence-corrected chi connectivity index (χ2v) is 9.20. The predicted octanol–water partition coefficient (Wildman–Crippen LogP) is 5.73. The van der Waals surface area contributed by atoms with E-state index in [1.807, 2.05) is 6.92 Å². The molecule has 2 aromatic heterocycles. The maximum Gasteiger partial charge on any atom is 0.416 e. The highest BCUT2D eigenvalue weighted by Crippen LogP contribution is 2.32. The molecule has 8 nitrogen and oxygen atoms in total. The summed E-state index contributed by atoms with van der Waals surface area (Å²) < 4.78 is 40.7. The van der Waals surface area contributed by atoms with Crippen molar-refractivity contribution in [3.8, 4) is 22.9 Å². The largest absolute Gasteiger partial charge is 0.416 e. The summed E-state index contributed by atoms with van der Waals surface area (Å²) in [5, 5.41) is 19.4. The van der Waals surface area contributed by atoms with Crippen molar-refractivity contribution >= 4 is 23.3 Å². The molecule has 0 aliphatic heterocycles. The van der Waals surface area contributed by atoms with Gasteiger partial charge >= 0.3 is 6.18 Å². The SMILES string of the molecule is Cc1ccc(NC(=O)c2cccc(C(F)(F)F)c2)cc1-n1cc(-c2cnc(NC(=O)C3CC3)cc2C#N)cn1. The molecule has 4 aromatic rings. The minimum atomic E-state index is -4.56. The molecule has 0 atom stereocenters. The van der Waals surface area contributed by atoms with Crippen LogP contribution in [0.1, 0.15) is 39.9 Å². The van der Waals surface area contributed by atoms with Crippen molar-refractivity contribution in [1.82, 2.24) is 14.8 Å². The van der Waals surface area contributed by atoms with Gasteiger partial charge in [0.05, 0.1) is 29.1 Å². The third-order valence-corrected chi connectivity index (χ3v) is 6.28. The Morgan fingerprint density at radius 2 is 1.87 bits per heavy atom. The predicted molar refractivity (Wildman–Crippen MR) is 137 cm³/mol. The van der Waals surface area contributed by atoms with Crippen LogP contribution in [0.5, 0.6) is 0 Å². The first-order valence-electron chi connectivity index (χ1n) is 12.0. The van der Waals surface area contributed by atoms with Crippen LogP contribution < -0.4 is 10.6 Å². The highest BCUT2D eigenvalue weighted by atomic mass is 19.4. The van der Waals surface area contributed by atoms with Gasteiger partial charge in [-0.15, -0.1) is 0 Å². The lowest BCUT2D eigenvalue weighted by Crippen LogP contribution is -2.14. The number of nitrogens with zero attached hydrogens (tertiary/aromatic N) is 4. The zero-order chi connectivity index (χ0) is 27.7. The molecule has 39 heavy (non-hydrogen) atoms. The van der Waals surface area contributed by atoms with E-state index in [1.165, 1.54) is 24.4 Å². The number of aryl methyl sites for hydroxylation is 1. The molecule has 0 saturated heterocycles. The van der Waals surface area contributed by atoms with Crippen molar-refractivity contribution in [2.24, 2.45) is 5.92 Å². The van der Waals surface area contributed by atoms with Gasteiger partial charge in [-0.3, -0.25) is 9.59 Å². The maximum absolute atomic E-state index is 13.0. The van der Waals surface area contributed by atoms with E-state index in [0.717, 1.165) is 30.5 Å². The van der Waals surface area contributed by atoms with Crippen LogP contribution in [0, 0.1) is 24.2 Å². The Labute approximate surface area is 221 Å². The summed E-state index contributed by atoms with van der Waals surface area (Å²) in [6.45, 7) is 1.84. The average molecular weight is 531 g/mol. The van der Waals surface area contributed by atoms with Gasteiger partial charge in [0.25, 0.3) is 5.91 Å². The average Bonchev–Trinajstić information content (AvgIpc) is 3.66. The van der Waals surface area contributed by atoms with Crippen LogP contribution in [0.2, 0.25) is 0 Å². The number of hydrogen-bond donors (Lipinski definition) is 2. The number of pyridine rings is 1. The van der Waals surface area contributed by atoms with Crippen molar-refractivity contribution < 1.29 is 22.8 Å². The molecule has 1 aliphatic carbocycles. The molecule has 1 fully saturated rings. The number of halogens is 3. The number of hydrogen-bond acceptors (Lipinski definition) is 5. The van der Waals surface area contributed by atoms with Crippen LogP contribution in [0.3, 0.4) is 0 Å². The number of alkyl halides is 3. The topological polar surface area (TPSA) is 113 Å². The standard InChI is InChI=1S/C28H21F3N6O2/c1-16-5-8-22(35-27(39)18-3-2-4-21(9-18)28(29,30)31)11-24(16)37-15-20(13-34-37)23-14-33-25(10-19(23)12-32)36-26(38)17-6-7-17/h2-5,8-11,13-15,17H,6-7H2,1H3,(H,35,39)(H,33,36,38). The van der Waals surface area contributed by atoms with Crippen molar-refractivity contribution in [2.75, 3.05) is 10.6 Å². The number of anilines is 2. The molecule has 0 spiro atoms. The second-order valence-electron chi connectivity index (χ2n) is 9.20. The van der Waals surface area contributed by atoms with Crippen molar-refractivity contribution in [3.63, 3.8) is 0 Å². The Bertz CT molecular complexity index is 1630. The third kappa shape index (κ3) is 5.65. The van der Waals surface area contributed by atoms with Gasteiger partial charge in [-0.25, -0.2) is 9.67 Å². The molecule has 0 radical (unpaired) electrons. The summed E-state index contributed by atoms with van der Waals surface area (Å²) >= 11 is 0. The minimum absolute atomic E-state index is 0.00378. The number of benzene rings is 2. The molecule has 2 amide bonds. The van der Waals surface area contributed by atoms with Crippen LogP contribution in [0.4, 0.5) is 24.7 Å². The van der Waals surface area contributed by atoms with Crippen LogP contribution in [-0.2, 0) is 11.0 Å². The Morgan fingerprint density at radius 1 is 1.08 bits per heavy atom. The van der Waals surface area contributed by atoms with Gasteiger partial charge in [0.15, 0.2) is 0 Å². The van der Waals surface area contributed by atoms with E-state index in [9.17, 15) is 28.0 Å². The molecule has 0 bridgehead atoms. The third-order valence-electron chi connectivity index (χ3n) is 6.28. The maximum atomic E-state index is 13.0. The number of nitriles is 1. The number of aromatic nitrogens is 3. The van der Waals surface area contributed by atoms with E-state index < -0.39 is 17.6 Å². The first kappa shape index (κ1) is 25.7. The summed E-state index contributed by atoms with van der Waals surface area (Å²) in [4.78, 5) is 29.0. The van der Waals surface area contributed by atoms with Crippen LogP contribution >= 0.6 is 0 Å². The first-order chi connectivity index (χ1) is 18.6. The molecule has 11 heteroatoms. The molecular weight excluding hydrogens is 509 g/mol. The Kier molecular flexibility index (Phi) is 6.62. The molecule has 5 rings (SSSR count).